The summed E-state index contributed by atoms with van der Waals surface area (Å²) in [6.07, 6.45) is 2.87. The summed E-state index contributed by atoms with van der Waals surface area (Å²) in [6.45, 7) is 6.29. The van der Waals surface area contributed by atoms with Crippen molar-refractivity contribution in [1.82, 2.24) is 14.6 Å². The van der Waals surface area contributed by atoms with E-state index in [1.807, 2.05) is 24.8 Å². The zero-order chi connectivity index (χ0) is 22.4. The van der Waals surface area contributed by atoms with E-state index in [4.69, 9.17) is 4.74 Å². The van der Waals surface area contributed by atoms with Crippen LogP contribution in [0.3, 0.4) is 0 Å². The molecule has 1 N–H and O–H groups in total. The molecule has 0 aliphatic carbocycles. The molecule has 3 rings (SSSR count). The maximum atomic E-state index is 12.8. The number of benzene rings is 1. The van der Waals surface area contributed by atoms with E-state index in [-0.39, 0.29) is 16.8 Å². The monoisotopic (exact) mass is 446 g/mol. The van der Waals surface area contributed by atoms with Gasteiger partial charge in [-0.15, -0.1) is 0 Å². The van der Waals surface area contributed by atoms with E-state index in [2.05, 4.69) is 14.6 Å². The maximum Gasteiger partial charge on any atom is 0.254 e. The van der Waals surface area contributed by atoms with E-state index < -0.39 is 10.0 Å². The molecule has 0 bridgehead atoms. The number of pyridine rings is 1. The lowest BCUT2D eigenvalue weighted by Gasteiger charge is -2.35. The second-order valence-electron chi connectivity index (χ2n) is 7.50. The van der Waals surface area contributed by atoms with E-state index in [0.29, 0.717) is 43.3 Å². The number of amides is 1. The molecule has 8 nitrogen and oxygen atoms in total. The molecule has 0 spiro atoms. The smallest absolute Gasteiger partial charge is 0.254 e. The van der Waals surface area contributed by atoms with Gasteiger partial charge in [0.25, 0.3) is 5.91 Å². The van der Waals surface area contributed by atoms with Crippen molar-refractivity contribution in [3.05, 3.63) is 48.2 Å². The van der Waals surface area contributed by atoms with E-state index in [1.54, 1.807) is 37.4 Å². The Hall–Kier alpha value is -2.65. The normalized spacial score (nSPS) is 14.7. The minimum absolute atomic E-state index is 0.0274. The molecule has 0 saturated carbocycles. The Kier molecular flexibility index (Phi) is 7.50. The Morgan fingerprint density at radius 1 is 1.13 bits per heavy atom. The summed E-state index contributed by atoms with van der Waals surface area (Å²) in [6, 6.07) is 10.4. The summed E-state index contributed by atoms with van der Waals surface area (Å²) in [4.78, 5) is 21.2. The lowest BCUT2D eigenvalue weighted by Crippen LogP contribution is -2.49. The van der Waals surface area contributed by atoms with Crippen molar-refractivity contribution < 1.29 is 17.9 Å². The van der Waals surface area contributed by atoms with Gasteiger partial charge in [0, 0.05) is 44.0 Å². The molecule has 0 unspecified atom stereocenters. The van der Waals surface area contributed by atoms with Gasteiger partial charge in [-0.05, 0) is 43.2 Å². The van der Waals surface area contributed by atoms with Crippen LogP contribution in [0, 0.1) is 0 Å². The standard InChI is InChI=1S/C22H30N4O4S/c1-4-18(5-2)24-31(28,29)20-9-10-21(23-16-20)25-11-13-26(14-12-25)22(27)17-7-6-8-19(15-17)30-3/h6-10,15-16,18,24H,4-5,11-14H2,1-3H3. The minimum Gasteiger partial charge on any atom is -0.497 e. The first-order valence-electron chi connectivity index (χ1n) is 10.5. The second-order valence-corrected chi connectivity index (χ2v) is 9.21. The van der Waals surface area contributed by atoms with Gasteiger partial charge in [-0.2, -0.15) is 0 Å². The van der Waals surface area contributed by atoms with Gasteiger partial charge < -0.3 is 14.5 Å². The number of hydrogen-bond donors (Lipinski definition) is 1. The topological polar surface area (TPSA) is 91.8 Å². The molecule has 9 heteroatoms. The number of sulfonamides is 1. The van der Waals surface area contributed by atoms with Crippen LogP contribution in [0.1, 0.15) is 37.0 Å². The highest BCUT2D eigenvalue weighted by Crippen LogP contribution is 2.19. The third-order valence-corrected chi connectivity index (χ3v) is 7.05. The van der Waals surface area contributed by atoms with Gasteiger partial charge in [-0.1, -0.05) is 19.9 Å². The second kappa shape index (κ2) is 10.1. The third kappa shape index (κ3) is 5.54. The van der Waals surface area contributed by atoms with Crippen molar-refractivity contribution in [2.75, 3.05) is 38.2 Å². The molecule has 31 heavy (non-hydrogen) atoms. The number of carbonyl (C=O) groups excluding carboxylic acids is 1. The van der Waals surface area contributed by atoms with Gasteiger partial charge in [-0.25, -0.2) is 18.1 Å². The summed E-state index contributed by atoms with van der Waals surface area (Å²) in [5.74, 6) is 1.33. The average molecular weight is 447 g/mol. The molecule has 2 heterocycles. The van der Waals surface area contributed by atoms with Gasteiger partial charge in [0.1, 0.15) is 16.5 Å². The molecule has 1 aromatic heterocycles. The fourth-order valence-electron chi connectivity index (χ4n) is 3.54. The predicted octanol–water partition coefficient (Wildman–Crippen LogP) is 2.52. The lowest BCUT2D eigenvalue weighted by atomic mass is 10.1. The predicted molar refractivity (Wildman–Crippen MR) is 120 cm³/mol. The number of nitrogens with one attached hydrogen (secondary N) is 1. The van der Waals surface area contributed by atoms with Crippen molar-refractivity contribution in [2.24, 2.45) is 0 Å². The molecule has 1 aliphatic heterocycles. The number of nitrogens with zero attached hydrogens (tertiary/aromatic N) is 3. The summed E-state index contributed by atoms with van der Waals surface area (Å²) < 4.78 is 33.0. The number of anilines is 1. The zero-order valence-electron chi connectivity index (χ0n) is 18.2. The van der Waals surface area contributed by atoms with Crippen LogP contribution < -0.4 is 14.4 Å². The molecular weight excluding hydrogens is 416 g/mol. The molecule has 0 atom stereocenters. The zero-order valence-corrected chi connectivity index (χ0v) is 19.1. The van der Waals surface area contributed by atoms with E-state index >= 15 is 0 Å². The van der Waals surface area contributed by atoms with Crippen molar-refractivity contribution in [1.29, 1.82) is 0 Å². The first kappa shape index (κ1) is 23.0. The number of aromatic nitrogens is 1. The van der Waals surface area contributed by atoms with E-state index in [0.717, 1.165) is 12.8 Å². The van der Waals surface area contributed by atoms with Gasteiger partial charge in [0.2, 0.25) is 10.0 Å². The minimum atomic E-state index is -3.58. The molecule has 1 fully saturated rings. The molecule has 1 aliphatic rings. The van der Waals surface area contributed by atoms with Crippen molar-refractivity contribution in [2.45, 2.75) is 37.6 Å². The van der Waals surface area contributed by atoms with Crippen LogP contribution in [-0.2, 0) is 10.0 Å². The molecule has 1 amide bonds. The van der Waals surface area contributed by atoms with Crippen LogP contribution in [0.25, 0.3) is 0 Å². The number of carbonyl (C=O) groups is 1. The SMILES string of the molecule is CCC(CC)NS(=O)(=O)c1ccc(N2CCN(C(=O)c3cccc(OC)c3)CC2)nc1. The molecular formula is C22H30N4O4S. The first-order chi connectivity index (χ1) is 14.9. The summed E-state index contributed by atoms with van der Waals surface area (Å²) in [5.41, 5.74) is 0.602. The van der Waals surface area contributed by atoms with Gasteiger partial charge in [0.05, 0.1) is 7.11 Å². The van der Waals surface area contributed by atoms with Crippen LogP contribution in [0.2, 0.25) is 0 Å². The Morgan fingerprint density at radius 2 is 1.84 bits per heavy atom. The molecule has 0 radical (unpaired) electrons. The van der Waals surface area contributed by atoms with Crippen LogP contribution in [-0.4, -0.2) is 63.5 Å². The maximum absolute atomic E-state index is 12.8. The van der Waals surface area contributed by atoms with Crippen molar-refractivity contribution in [3.8, 4) is 5.75 Å². The van der Waals surface area contributed by atoms with Crippen LogP contribution in [0.15, 0.2) is 47.5 Å². The highest BCUT2D eigenvalue weighted by Gasteiger charge is 2.24. The fraction of sp³-hybridized carbons (Fsp3) is 0.455. The first-order valence-corrected chi connectivity index (χ1v) is 12.0. The summed E-state index contributed by atoms with van der Waals surface area (Å²) in [7, 11) is -2.00. The number of piperazine rings is 1. The van der Waals surface area contributed by atoms with E-state index in [9.17, 15) is 13.2 Å². The average Bonchev–Trinajstić information content (AvgIpc) is 2.82. The number of methoxy groups -OCH3 is 1. The van der Waals surface area contributed by atoms with Crippen LogP contribution >= 0.6 is 0 Å². The van der Waals surface area contributed by atoms with Gasteiger partial charge in [-0.3, -0.25) is 4.79 Å². The third-order valence-electron chi connectivity index (χ3n) is 5.55. The van der Waals surface area contributed by atoms with Gasteiger partial charge in [0.15, 0.2) is 0 Å². The number of ether oxygens (including phenoxy) is 1. The van der Waals surface area contributed by atoms with Crippen molar-refractivity contribution >= 4 is 21.7 Å². The quantitative estimate of drug-likeness (QED) is 0.670. The number of rotatable bonds is 8. The van der Waals surface area contributed by atoms with E-state index in [1.165, 1.54) is 6.20 Å². The lowest BCUT2D eigenvalue weighted by molar-refractivity contribution is 0.0746. The Bertz CT molecular complexity index is 983. The number of hydrogen-bond acceptors (Lipinski definition) is 6. The largest absolute Gasteiger partial charge is 0.497 e. The van der Waals surface area contributed by atoms with Crippen LogP contribution in [0.4, 0.5) is 5.82 Å². The summed E-state index contributed by atoms with van der Waals surface area (Å²) in [5, 5.41) is 0. The fourth-order valence-corrected chi connectivity index (χ4v) is 4.89. The molecule has 168 valence electrons. The van der Waals surface area contributed by atoms with Crippen LogP contribution in [0.5, 0.6) is 5.75 Å². The molecule has 2 aromatic rings. The molecule has 1 aromatic carbocycles. The Balaban J connectivity index is 1.61. The van der Waals surface area contributed by atoms with Gasteiger partial charge >= 0.3 is 0 Å². The summed E-state index contributed by atoms with van der Waals surface area (Å²) >= 11 is 0. The van der Waals surface area contributed by atoms with Crippen molar-refractivity contribution in [3.63, 3.8) is 0 Å². The Morgan fingerprint density at radius 3 is 2.42 bits per heavy atom. The Labute approximate surface area is 184 Å². The molecule has 1 saturated heterocycles. The highest BCUT2D eigenvalue weighted by molar-refractivity contribution is 7.89. The highest BCUT2D eigenvalue weighted by atomic mass is 32.2.